The maximum absolute atomic E-state index is 2.37. The molecule has 0 aliphatic rings. The Morgan fingerprint density at radius 3 is 2.32 bits per heavy atom. The van der Waals surface area contributed by atoms with Gasteiger partial charge in [-0.25, -0.2) is 0 Å². The van der Waals surface area contributed by atoms with Gasteiger partial charge in [-0.05, 0) is 41.4 Å². The van der Waals surface area contributed by atoms with Crippen molar-refractivity contribution in [1.29, 1.82) is 0 Å². The number of benzene rings is 2. The van der Waals surface area contributed by atoms with Gasteiger partial charge in [-0.2, -0.15) is 0 Å². The normalized spacial score (nSPS) is 12.6. The van der Waals surface area contributed by atoms with Crippen molar-refractivity contribution in [3.05, 3.63) is 77.7 Å². The van der Waals surface area contributed by atoms with E-state index in [1.54, 1.807) is 0 Å². The van der Waals surface area contributed by atoms with Gasteiger partial charge in [-0.1, -0.05) is 75.4 Å². The summed E-state index contributed by atoms with van der Waals surface area (Å²) in [6, 6.07) is 19.6. The molecule has 19 heavy (non-hydrogen) atoms. The maximum atomic E-state index is 2.37. The first-order valence-corrected chi connectivity index (χ1v) is 7.14. The molecule has 0 bridgehead atoms. The lowest BCUT2D eigenvalue weighted by atomic mass is 9.92. The molecule has 0 saturated carbocycles. The van der Waals surface area contributed by atoms with E-state index < -0.39 is 0 Å². The molecular weight excluding hydrogens is 228 g/mol. The first kappa shape index (κ1) is 13.9. The van der Waals surface area contributed by atoms with Crippen LogP contribution in [0.2, 0.25) is 0 Å². The van der Waals surface area contributed by atoms with E-state index in [0.29, 0.717) is 11.8 Å². The van der Waals surface area contributed by atoms with Gasteiger partial charge in [0, 0.05) is 0 Å². The van der Waals surface area contributed by atoms with Crippen LogP contribution in [-0.2, 0) is 6.42 Å². The zero-order chi connectivity index (χ0) is 13.7. The Morgan fingerprint density at radius 2 is 1.63 bits per heavy atom. The minimum Gasteiger partial charge on any atom is -0.0622 e. The highest BCUT2D eigenvalue weighted by molar-refractivity contribution is 5.31. The Balaban J connectivity index is 1.99. The van der Waals surface area contributed by atoms with E-state index in [2.05, 4.69) is 81.8 Å². The first-order valence-electron chi connectivity index (χ1n) is 7.14. The Labute approximate surface area is 117 Å². The monoisotopic (exact) mass is 251 g/mol. The van der Waals surface area contributed by atoms with E-state index >= 15 is 0 Å². The summed E-state index contributed by atoms with van der Waals surface area (Å²) in [6.07, 6.45) is 3.48. The summed E-state index contributed by atoms with van der Waals surface area (Å²) >= 11 is 0. The van der Waals surface area contributed by atoms with Crippen LogP contribution in [0.1, 0.15) is 43.4 Å². The molecule has 0 N–H and O–H groups in total. The van der Waals surface area contributed by atoms with Crippen molar-refractivity contribution in [2.24, 2.45) is 5.92 Å². The summed E-state index contributed by atoms with van der Waals surface area (Å²) in [6.45, 7) is 6.77. The highest BCUT2D eigenvalue weighted by atomic mass is 14.1. The van der Waals surface area contributed by atoms with Crippen molar-refractivity contribution in [3.8, 4) is 0 Å². The molecule has 0 saturated heterocycles. The molecule has 1 atom stereocenters. The first-order chi connectivity index (χ1) is 9.15. The van der Waals surface area contributed by atoms with Gasteiger partial charge in [0.05, 0.1) is 0 Å². The maximum Gasteiger partial charge on any atom is -0.00614 e. The number of hydrogen-bond acceptors (Lipinski definition) is 0. The molecule has 0 heteroatoms. The minimum absolute atomic E-state index is 0.560. The third-order valence-corrected chi connectivity index (χ3v) is 3.45. The van der Waals surface area contributed by atoms with Crippen LogP contribution in [0.5, 0.6) is 0 Å². The number of rotatable bonds is 5. The minimum atomic E-state index is 0.560. The highest BCUT2D eigenvalue weighted by Gasteiger charge is 2.07. The van der Waals surface area contributed by atoms with Gasteiger partial charge in [-0.3, -0.25) is 0 Å². The fourth-order valence-electron chi connectivity index (χ4n) is 2.40. The van der Waals surface area contributed by atoms with Crippen molar-refractivity contribution in [3.63, 3.8) is 0 Å². The van der Waals surface area contributed by atoms with Crippen LogP contribution in [0, 0.1) is 12.3 Å². The molecule has 0 aliphatic heterocycles. The molecule has 2 aromatic rings. The molecule has 0 nitrogen and oxygen atoms in total. The van der Waals surface area contributed by atoms with Gasteiger partial charge >= 0.3 is 0 Å². The zero-order valence-electron chi connectivity index (χ0n) is 12.1. The van der Waals surface area contributed by atoms with E-state index in [-0.39, 0.29) is 0 Å². The fraction of sp³-hybridized carbons (Fsp3) is 0.316. The van der Waals surface area contributed by atoms with Crippen LogP contribution in [0.25, 0.3) is 0 Å². The average molecular weight is 251 g/mol. The predicted molar refractivity (Wildman–Crippen MR) is 83.2 cm³/mol. The zero-order valence-corrected chi connectivity index (χ0v) is 12.1. The van der Waals surface area contributed by atoms with Gasteiger partial charge in [0.15, 0.2) is 0 Å². The second-order valence-electron chi connectivity index (χ2n) is 5.66. The summed E-state index contributed by atoms with van der Waals surface area (Å²) in [4.78, 5) is 0. The van der Waals surface area contributed by atoms with E-state index in [1.807, 2.05) is 0 Å². The van der Waals surface area contributed by atoms with Gasteiger partial charge in [0.2, 0.25) is 0 Å². The predicted octanol–water partition coefficient (Wildman–Crippen LogP) is 5.24. The average Bonchev–Trinajstić information content (AvgIpc) is 2.40. The van der Waals surface area contributed by atoms with Crippen molar-refractivity contribution in [1.82, 2.24) is 0 Å². The molecule has 99 valence electrons. The molecule has 0 aromatic heterocycles. The summed E-state index contributed by atoms with van der Waals surface area (Å²) in [7, 11) is 0. The lowest BCUT2D eigenvalue weighted by molar-refractivity contribution is 0.681. The Hall–Kier alpha value is -1.56. The quantitative estimate of drug-likeness (QED) is 0.681. The highest BCUT2D eigenvalue weighted by Crippen LogP contribution is 2.20. The van der Waals surface area contributed by atoms with Gasteiger partial charge in [0.1, 0.15) is 0 Å². The van der Waals surface area contributed by atoms with Gasteiger partial charge < -0.3 is 0 Å². The lowest BCUT2D eigenvalue weighted by Crippen LogP contribution is -2.02. The lowest BCUT2D eigenvalue weighted by Gasteiger charge is -2.13. The topological polar surface area (TPSA) is 0 Å². The molecule has 0 fully saturated rings. The summed E-state index contributed by atoms with van der Waals surface area (Å²) in [5, 5.41) is 0. The molecule has 1 radical (unpaired) electrons. The third-order valence-electron chi connectivity index (χ3n) is 3.45. The molecule has 0 amide bonds. The van der Waals surface area contributed by atoms with E-state index in [9.17, 15) is 0 Å². The van der Waals surface area contributed by atoms with E-state index in [4.69, 9.17) is 0 Å². The standard InChI is InChI=1S/C19H23/c1-15(2)19-11-7-10-18(14-19)13-16(3)12-17-8-5-4-6-9-17/h4-11,13-16H,12H2,1-3H3. The van der Waals surface area contributed by atoms with Crippen LogP contribution in [-0.4, -0.2) is 0 Å². The van der Waals surface area contributed by atoms with E-state index in [1.165, 1.54) is 16.7 Å². The summed E-state index contributed by atoms with van der Waals surface area (Å²) in [5.74, 6) is 1.16. The smallest absolute Gasteiger partial charge is 0.00614 e. The Bertz CT molecular complexity index is 496. The van der Waals surface area contributed by atoms with Crippen LogP contribution < -0.4 is 0 Å². The van der Waals surface area contributed by atoms with Gasteiger partial charge in [0.25, 0.3) is 0 Å². The van der Waals surface area contributed by atoms with Crippen LogP contribution in [0.3, 0.4) is 0 Å². The second-order valence-corrected chi connectivity index (χ2v) is 5.66. The van der Waals surface area contributed by atoms with Crippen LogP contribution in [0.15, 0.2) is 54.6 Å². The number of hydrogen-bond donors (Lipinski definition) is 0. The van der Waals surface area contributed by atoms with Crippen molar-refractivity contribution >= 4 is 0 Å². The molecule has 0 heterocycles. The van der Waals surface area contributed by atoms with E-state index in [0.717, 1.165) is 6.42 Å². The van der Waals surface area contributed by atoms with Crippen molar-refractivity contribution < 1.29 is 0 Å². The second kappa shape index (κ2) is 6.56. The SMILES string of the molecule is CC([CH]c1cccc(C(C)C)c1)Cc1ccccc1. The Kier molecular flexibility index (Phi) is 4.79. The van der Waals surface area contributed by atoms with Crippen LogP contribution in [0.4, 0.5) is 0 Å². The molecule has 0 aliphatic carbocycles. The van der Waals surface area contributed by atoms with Crippen LogP contribution >= 0.6 is 0 Å². The van der Waals surface area contributed by atoms with Gasteiger partial charge in [-0.15, -0.1) is 0 Å². The summed E-state index contributed by atoms with van der Waals surface area (Å²) < 4.78 is 0. The molecule has 1 unspecified atom stereocenters. The largest absolute Gasteiger partial charge is 0.0622 e. The Morgan fingerprint density at radius 1 is 0.895 bits per heavy atom. The molecule has 2 rings (SSSR count). The molecule has 0 spiro atoms. The molecule has 2 aromatic carbocycles. The third kappa shape index (κ3) is 4.24. The van der Waals surface area contributed by atoms with Crippen molar-refractivity contribution in [2.75, 3.05) is 0 Å². The van der Waals surface area contributed by atoms with Crippen molar-refractivity contribution in [2.45, 2.75) is 33.1 Å². The fourth-order valence-corrected chi connectivity index (χ4v) is 2.40. The molecular formula is C19H23. The summed E-state index contributed by atoms with van der Waals surface area (Å²) in [5.41, 5.74) is 4.17.